The highest BCUT2D eigenvalue weighted by molar-refractivity contribution is 5.85. The number of aliphatic imine (C=N–C) groups is 1. The van der Waals surface area contributed by atoms with Crippen LogP contribution in [0.25, 0.3) is 0 Å². The zero-order valence-electron chi connectivity index (χ0n) is 19.1. The number of hydrogen-bond acceptors (Lipinski definition) is 5. The van der Waals surface area contributed by atoms with E-state index < -0.39 is 0 Å². The van der Waals surface area contributed by atoms with Crippen molar-refractivity contribution in [2.24, 2.45) is 4.99 Å². The summed E-state index contributed by atoms with van der Waals surface area (Å²) in [6.07, 6.45) is 3.26. The molecule has 2 saturated heterocycles. The maximum Gasteiger partial charge on any atom is 0.243 e. The number of carbonyl (C=O) groups is 1. The number of hydrogen-bond donors (Lipinski definition) is 2. The van der Waals surface area contributed by atoms with E-state index in [9.17, 15) is 4.79 Å². The first-order valence-electron chi connectivity index (χ1n) is 11.5. The molecule has 8 nitrogen and oxygen atoms in total. The van der Waals surface area contributed by atoms with Gasteiger partial charge in [-0.05, 0) is 37.9 Å². The maximum absolute atomic E-state index is 12.0. The van der Waals surface area contributed by atoms with Gasteiger partial charge in [-0.3, -0.25) is 9.69 Å². The summed E-state index contributed by atoms with van der Waals surface area (Å²) >= 11 is 0. The highest BCUT2D eigenvalue weighted by Gasteiger charge is 2.21. The van der Waals surface area contributed by atoms with Crippen LogP contribution in [0.1, 0.15) is 19.3 Å². The molecule has 1 aromatic rings. The van der Waals surface area contributed by atoms with Crippen LogP contribution in [-0.2, 0) is 9.53 Å². The second-order valence-electron chi connectivity index (χ2n) is 8.45. The van der Waals surface area contributed by atoms with Crippen LogP contribution in [0, 0.1) is 0 Å². The molecule has 3 rings (SSSR count). The number of para-hydroxylation sites is 1. The molecule has 2 aliphatic rings. The molecule has 0 radical (unpaired) electrons. The summed E-state index contributed by atoms with van der Waals surface area (Å²) < 4.78 is 5.42. The summed E-state index contributed by atoms with van der Waals surface area (Å²) in [6.45, 7) is 7.70. The van der Waals surface area contributed by atoms with Gasteiger partial charge in [0.05, 0.1) is 13.2 Å². The lowest BCUT2D eigenvalue weighted by Gasteiger charge is -2.35. The summed E-state index contributed by atoms with van der Waals surface area (Å²) in [5.41, 5.74) is 1.26. The molecule has 2 N–H and O–H groups in total. The van der Waals surface area contributed by atoms with Crippen molar-refractivity contribution in [3.63, 3.8) is 0 Å². The van der Waals surface area contributed by atoms with Gasteiger partial charge < -0.3 is 25.2 Å². The van der Waals surface area contributed by atoms with Crippen LogP contribution in [0.3, 0.4) is 0 Å². The highest BCUT2D eigenvalue weighted by Crippen LogP contribution is 2.19. The molecule has 0 aliphatic carbocycles. The van der Waals surface area contributed by atoms with E-state index in [1.54, 1.807) is 19.0 Å². The van der Waals surface area contributed by atoms with Crippen LogP contribution in [0.2, 0.25) is 0 Å². The standard InChI is InChI=1S/C23H38N6O2/c1-27(2)22(30)18-25-23(24-11-7-12-28-14-16-31-17-15-28)26-20-8-6-13-29(19-20)21-9-4-3-5-10-21/h3-5,9-10,20H,6-8,11-19H2,1-2H3,(H2,24,25,26). The number of nitrogens with zero attached hydrogens (tertiary/aromatic N) is 4. The van der Waals surface area contributed by atoms with Crippen molar-refractivity contribution in [2.75, 3.05) is 78.0 Å². The van der Waals surface area contributed by atoms with Crippen LogP contribution < -0.4 is 15.5 Å². The van der Waals surface area contributed by atoms with Crippen molar-refractivity contribution in [1.82, 2.24) is 20.4 Å². The van der Waals surface area contributed by atoms with Crippen molar-refractivity contribution in [2.45, 2.75) is 25.3 Å². The first-order chi connectivity index (χ1) is 15.1. The molecule has 1 atom stereocenters. The van der Waals surface area contributed by atoms with Crippen LogP contribution in [0.15, 0.2) is 35.3 Å². The fourth-order valence-corrected chi connectivity index (χ4v) is 3.94. The number of likely N-dealkylation sites (N-methyl/N-ethyl adjacent to an activating group) is 1. The molecule has 0 spiro atoms. The normalized spacial score (nSPS) is 20.4. The minimum atomic E-state index is 0.00368. The van der Waals surface area contributed by atoms with E-state index in [0.29, 0.717) is 6.04 Å². The molecule has 172 valence electrons. The van der Waals surface area contributed by atoms with Gasteiger partial charge >= 0.3 is 0 Å². The molecular weight excluding hydrogens is 392 g/mol. The minimum absolute atomic E-state index is 0.00368. The number of ether oxygens (including phenoxy) is 1. The van der Waals surface area contributed by atoms with E-state index in [2.05, 4.69) is 55.8 Å². The van der Waals surface area contributed by atoms with Crippen molar-refractivity contribution < 1.29 is 9.53 Å². The smallest absolute Gasteiger partial charge is 0.243 e. The van der Waals surface area contributed by atoms with Gasteiger partial charge in [-0.2, -0.15) is 0 Å². The average Bonchev–Trinajstić information content (AvgIpc) is 2.81. The Hall–Kier alpha value is -2.32. The molecule has 1 aromatic carbocycles. The monoisotopic (exact) mass is 430 g/mol. The summed E-state index contributed by atoms with van der Waals surface area (Å²) in [7, 11) is 3.53. The Morgan fingerprint density at radius 1 is 1.19 bits per heavy atom. The number of anilines is 1. The second-order valence-corrected chi connectivity index (χ2v) is 8.45. The molecule has 31 heavy (non-hydrogen) atoms. The molecular formula is C23H38N6O2. The van der Waals surface area contributed by atoms with Crippen LogP contribution >= 0.6 is 0 Å². The number of amides is 1. The van der Waals surface area contributed by atoms with E-state index in [1.807, 2.05) is 0 Å². The molecule has 2 heterocycles. The van der Waals surface area contributed by atoms with E-state index in [0.717, 1.165) is 77.7 Å². The van der Waals surface area contributed by atoms with Crippen molar-refractivity contribution in [3.8, 4) is 0 Å². The summed E-state index contributed by atoms with van der Waals surface area (Å²) in [4.78, 5) is 23.1. The summed E-state index contributed by atoms with van der Waals surface area (Å²) in [6, 6.07) is 10.9. The van der Waals surface area contributed by atoms with Gasteiger partial charge in [0.25, 0.3) is 0 Å². The lowest BCUT2D eigenvalue weighted by molar-refractivity contribution is -0.127. The molecule has 1 unspecified atom stereocenters. The number of rotatable bonds is 8. The maximum atomic E-state index is 12.0. The van der Waals surface area contributed by atoms with Gasteiger partial charge in [0.15, 0.2) is 5.96 Å². The van der Waals surface area contributed by atoms with E-state index in [4.69, 9.17) is 4.74 Å². The lowest BCUT2D eigenvalue weighted by Crippen LogP contribution is -2.51. The predicted octanol–water partition coefficient (Wildman–Crippen LogP) is 1.00. The third kappa shape index (κ3) is 8.03. The van der Waals surface area contributed by atoms with Crippen LogP contribution in [0.5, 0.6) is 0 Å². The molecule has 2 fully saturated rings. The Kier molecular flexibility index (Phi) is 9.42. The third-order valence-corrected chi connectivity index (χ3v) is 5.80. The minimum Gasteiger partial charge on any atom is -0.379 e. The molecule has 0 aromatic heterocycles. The zero-order chi connectivity index (χ0) is 21.9. The van der Waals surface area contributed by atoms with E-state index in [1.165, 1.54) is 5.69 Å². The fourth-order valence-electron chi connectivity index (χ4n) is 3.94. The number of piperidine rings is 1. The third-order valence-electron chi connectivity index (χ3n) is 5.80. The second kappa shape index (κ2) is 12.5. The van der Waals surface area contributed by atoms with Gasteiger partial charge in [0.1, 0.15) is 6.54 Å². The van der Waals surface area contributed by atoms with Crippen molar-refractivity contribution in [1.29, 1.82) is 0 Å². The molecule has 8 heteroatoms. The number of guanidine groups is 1. The number of nitrogens with one attached hydrogen (secondary N) is 2. The van der Waals surface area contributed by atoms with Gasteiger partial charge in [-0.25, -0.2) is 4.99 Å². The van der Waals surface area contributed by atoms with Crippen LogP contribution in [-0.4, -0.2) is 101 Å². The molecule has 2 aliphatic heterocycles. The van der Waals surface area contributed by atoms with Crippen LogP contribution in [0.4, 0.5) is 5.69 Å². The predicted molar refractivity (Wildman–Crippen MR) is 126 cm³/mol. The van der Waals surface area contributed by atoms with Gasteiger partial charge in [0, 0.05) is 58.5 Å². The lowest BCUT2D eigenvalue weighted by atomic mass is 10.1. The number of carbonyl (C=O) groups excluding carboxylic acids is 1. The quantitative estimate of drug-likeness (QED) is 0.364. The molecule has 0 saturated carbocycles. The Morgan fingerprint density at radius 2 is 1.97 bits per heavy atom. The Bertz CT molecular complexity index is 691. The Balaban J connectivity index is 1.52. The van der Waals surface area contributed by atoms with Crippen molar-refractivity contribution >= 4 is 17.6 Å². The fraction of sp³-hybridized carbons (Fsp3) is 0.652. The van der Waals surface area contributed by atoms with Gasteiger partial charge in [-0.15, -0.1) is 0 Å². The SMILES string of the molecule is CN(C)C(=O)CN=C(NCCCN1CCOCC1)NC1CCCN(c2ccccc2)C1. The summed E-state index contributed by atoms with van der Waals surface area (Å²) in [5, 5.41) is 7.03. The molecule has 0 bridgehead atoms. The summed E-state index contributed by atoms with van der Waals surface area (Å²) in [5.74, 6) is 0.737. The first-order valence-corrected chi connectivity index (χ1v) is 11.5. The van der Waals surface area contributed by atoms with E-state index >= 15 is 0 Å². The molecule has 1 amide bonds. The Morgan fingerprint density at radius 3 is 2.71 bits per heavy atom. The average molecular weight is 431 g/mol. The zero-order valence-corrected chi connectivity index (χ0v) is 19.1. The number of morpholine rings is 1. The Labute approximate surface area is 186 Å². The first kappa shape index (κ1) is 23.3. The van der Waals surface area contributed by atoms with E-state index in [-0.39, 0.29) is 12.5 Å². The van der Waals surface area contributed by atoms with Crippen molar-refractivity contribution in [3.05, 3.63) is 30.3 Å². The number of benzene rings is 1. The highest BCUT2D eigenvalue weighted by atomic mass is 16.5. The van der Waals surface area contributed by atoms with Gasteiger partial charge in [0.2, 0.25) is 5.91 Å². The largest absolute Gasteiger partial charge is 0.379 e. The van der Waals surface area contributed by atoms with Gasteiger partial charge in [-0.1, -0.05) is 18.2 Å². The topological polar surface area (TPSA) is 72.4 Å².